The Morgan fingerprint density at radius 2 is 1.95 bits per heavy atom. The minimum atomic E-state index is -0.271. The first kappa shape index (κ1) is 15.5. The molecule has 1 atom stereocenters. The Kier molecular flexibility index (Phi) is 5.36. The van der Waals surface area contributed by atoms with Gasteiger partial charge in [-0.2, -0.15) is 0 Å². The first-order valence-corrected chi connectivity index (χ1v) is 7.75. The fourth-order valence-electron chi connectivity index (χ4n) is 2.59. The van der Waals surface area contributed by atoms with E-state index in [4.69, 9.17) is 0 Å². The van der Waals surface area contributed by atoms with Crippen molar-refractivity contribution in [3.63, 3.8) is 0 Å². The third kappa shape index (κ3) is 4.31. The summed E-state index contributed by atoms with van der Waals surface area (Å²) in [4.78, 5) is 23.0. The summed E-state index contributed by atoms with van der Waals surface area (Å²) in [5.74, 6) is 2.31. The van der Waals surface area contributed by atoms with E-state index in [2.05, 4.69) is 20.6 Å². The van der Waals surface area contributed by atoms with Crippen molar-refractivity contribution >= 4 is 17.5 Å². The van der Waals surface area contributed by atoms with Crippen LogP contribution >= 0.6 is 0 Å². The number of carbonyl (C=O) groups is 1. The van der Waals surface area contributed by atoms with Crippen LogP contribution in [0.1, 0.15) is 38.9 Å². The van der Waals surface area contributed by atoms with Crippen LogP contribution < -0.4 is 10.6 Å². The molecule has 1 aliphatic heterocycles. The number of hydrogen-bond acceptors (Lipinski definition) is 5. The number of carbonyl (C=O) groups excluding carboxylic acids is 1. The summed E-state index contributed by atoms with van der Waals surface area (Å²) in [6, 6.07) is 1.57. The van der Waals surface area contributed by atoms with Gasteiger partial charge in [-0.05, 0) is 40.0 Å². The maximum Gasteiger partial charge on any atom is 0.244 e. The SMILES string of the molecule is CCNc1cc(NC(C)C(=O)N2CCCCC2)nc(C)n1. The van der Waals surface area contributed by atoms with Gasteiger partial charge in [0.15, 0.2) is 0 Å². The quantitative estimate of drug-likeness (QED) is 0.868. The molecule has 1 saturated heterocycles. The summed E-state index contributed by atoms with van der Waals surface area (Å²) < 4.78 is 0. The molecule has 1 amide bonds. The summed E-state index contributed by atoms with van der Waals surface area (Å²) in [6.45, 7) is 8.31. The van der Waals surface area contributed by atoms with Crippen LogP contribution in [0, 0.1) is 6.92 Å². The number of nitrogens with zero attached hydrogens (tertiary/aromatic N) is 3. The van der Waals surface area contributed by atoms with E-state index >= 15 is 0 Å². The van der Waals surface area contributed by atoms with Gasteiger partial charge in [-0.1, -0.05) is 0 Å². The molecule has 1 aromatic heterocycles. The average Bonchev–Trinajstić information content (AvgIpc) is 2.47. The number of anilines is 2. The van der Waals surface area contributed by atoms with Gasteiger partial charge in [-0.3, -0.25) is 4.79 Å². The molecule has 0 aliphatic carbocycles. The second kappa shape index (κ2) is 7.24. The minimum absolute atomic E-state index is 0.149. The van der Waals surface area contributed by atoms with E-state index in [0.717, 1.165) is 38.3 Å². The highest BCUT2D eigenvalue weighted by atomic mass is 16.2. The lowest BCUT2D eigenvalue weighted by atomic mass is 10.1. The molecule has 0 spiro atoms. The zero-order valence-electron chi connectivity index (χ0n) is 13.1. The zero-order chi connectivity index (χ0) is 15.2. The lowest BCUT2D eigenvalue weighted by molar-refractivity contribution is -0.132. The van der Waals surface area contributed by atoms with Crippen molar-refractivity contribution in [2.45, 2.75) is 46.1 Å². The molecule has 21 heavy (non-hydrogen) atoms. The minimum Gasteiger partial charge on any atom is -0.370 e. The van der Waals surface area contributed by atoms with Gasteiger partial charge in [0.1, 0.15) is 23.5 Å². The second-order valence-corrected chi connectivity index (χ2v) is 5.47. The van der Waals surface area contributed by atoms with E-state index in [1.165, 1.54) is 6.42 Å². The first-order valence-electron chi connectivity index (χ1n) is 7.75. The molecule has 116 valence electrons. The van der Waals surface area contributed by atoms with Gasteiger partial charge in [-0.15, -0.1) is 0 Å². The van der Waals surface area contributed by atoms with Crippen LogP contribution in [0.15, 0.2) is 6.07 Å². The van der Waals surface area contributed by atoms with Gasteiger partial charge >= 0.3 is 0 Å². The van der Waals surface area contributed by atoms with Crippen molar-refractivity contribution in [2.24, 2.45) is 0 Å². The summed E-state index contributed by atoms with van der Waals surface area (Å²) in [7, 11) is 0. The highest BCUT2D eigenvalue weighted by molar-refractivity contribution is 5.84. The van der Waals surface area contributed by atoms with Gasteiger partial charge < -0.3 is 15.5 Å². The Hall–Kier alpha value is -1.85. The van der Waals surface area contributed by atoms with Crippen LogP contribution in [0.25, 0.3) is 0 Å². The number of rotatable bonds is 5. The Morgan fingerprint density at radius 3 is 2.62 bits per heavy atom. The standard InChI is InChI=1S/C15H25N5O/c1-4-16-13-10-14(19-12(3)18-13)17-11(2)15(21)20-8-6-5-7-9-20/h10-11H,4-9H2,1-3H3,(H2,16,17,18,19). The molecule has 0 saturated carbocycles. The predicted molar refractivity (Wildman–Crippen MR) is 84.4 cm³/mol. The van der Waals surface area contributed by atoms with E-state index in [9.17, 15) is 4.79 Å². The lowest BCUT2D eigenvalue weighted by Crippen LogP contribution is -2.44. The van der Waals surface area contributed by atoms with E-state index in [1.54, 1.807) is 0 Å². The molecule has 2 N–H and O–H groups in total. The average molecular weight is 291 g/mol. The largest absolute Gasteiger partial charge is 0.370 e. The molecule has 2 heterocycles. The molecule has 6 heteroatoms. The molecule has 6 nitrogen and oxygen atoms in total. The smallest absolute Gasteiger partial charge is 0.244 e. The van der Waals surface area contributed by atoms with E-state index in [0.29, 0.717) is 11.6 Å². The topological polar surface area (TPSA) is 70.2 Å². The molecule has 1 unspecified atom stereocenters. The fourth-order valence-corrected chi connectivity index (χ4v) is 2.59. The molecule has 0 bridgehead atoms. The monoisotopic (exact) mass is 291 g/mol. The van der Waals surface area contributed by atoms with Crippen molar-refractivity contribution in [1.82, 2.24) is 14.9 Å². The number of aromatic nitrogens is 2. The van der Waals surface area contributed by atoms with Gasteiger partial charge in [-0.25, -0.2) is 9.97 Å². The maximum atomic E-state index is 12.4. The molecule has 1 fully saturated rings. The Bertz CT molecular complexity index is 485. The number of aryl methyl sites for hydroxylation is 1. The second-order valence-electron chi connectivity index (χ2n) is 5.47. The molecule has 0 radical (unpaired) electrons. The molecular weight excluding hydrogens is 266 g/mol. The van der Waals surface area contributed by atoms with Gasteiger partial charge in [0.05, 0.1) is 0 Å². The van der Waals surface area contributed by atoms with Crippen LogP contribution in [0.4, 0.5) is 11.6 Å². The maximum absolute atomic E-state index is 12.4. The zero-order valence-corrected chi connectivity index (χ0v) is 13.1. The number of piperidine rings is 1. The van der Waals surface area contributed by atoms with Gasteiger partial charge in [0, 0.05) is 25.7 Å². The molecule has 0 aromatic carbocycles. The highest BCUT2D eigenvalue weighted by Gasteiger charge is 2.22. The van der Waals surface area contributed by atoms with Crippen molar-refractivity contribution in [2.75, 3.05) is 30.3 Å². The van der Waals surface area contributed by atoms with Crippen molar-refractivity contribution < 1.29 is 4.79 Å². The summed E-state index contributed by atoms with van der Waals surface area (Å²) in [5, 5.41) is 6.36. The van der Waals surface area contributed by atoms with E-state index in [1.807, 2.05) is 31.7 Å². The Morgan fingerprint density at radius 1 is 1.29 bits per heavy atom. The lowest BCUT2D eigenvalue weighted by Gasteiger charge is -2.29. The third-order valence-electron chi connectivity index (χ3n) is 3.60. The first-order chi connectivity index (χ1) is 10.1. The predicted octanol–water partition coefficient (Wildman–Crippen LogP) is 2.03. The van der Waals surface area contributed by atoms with Crippen LogP contribution in [-0.2, 0) is 4.79 Å². The molecule has 1 aromatic rings. The number of likely N-dealkylation sites (tertiary alicyclic amines) is 1. The summed E-state index contributed by atoms with van der Waals surface area (Å²) in [6.07, 6.45) is 3.44. The molecule has 2 rings (SSSR count). The molecule has 1 aliphatic rings. The Balaban J connectivity index is 2.01. The highest BCUT2D eigenvalue weighted by Crippen LogP contribution is 2.14. The number of nitrogens with one attached hydrogen (secondary N) is 2. The van der Waals surface area contributed by atoms with Crippen LogP contribution in [-0.4, -0.2) is 46.5 Å². The number of hydrogen-bond donors (Lipinski definition) is 2. The van der Waals surface area contributed by atoms with E-state index in [-0.39, 0.29) is 11.9 Å². The normalized spacial score (nSPS) is 16.4. The summed E-state index contributed by atoms with van der Waals surface area (Å²) >= 11 is 0. The fraction of sp³-hybridized carbons (Fsp3) is 0.667. The van der Waals surface area contributed by atoms with Crippen molar-refractivity contribution in [1.29, 1.82) is 0 Å². The third-order valence-corrected chi connectivity index (χ3v) is 3.60. The van der Waals surface area contributed by atoms with Gasteiger partial charge in [0.25, 0.3) is 0 Å². The van der Waals surface area contributed by atoms with Crippen LogP contribution in [0.2, 0.25) is 0 Å². The number of amides is 1. The van der Waals surface area contributed by atoms with Crippen LogP contribution in [0.5, 0.6) is 0 Å². The van der Waals surface area contributed by atoms with Crippen molar-refractivity contribution in [3.8, 4) is 0 Å². The Labute approximate surface area is 126 Å². The summed E-state index contributed by atoms with van der Waals surface area (Å²) in [5.41, 5.74) is 0. The molecular formula is C15H25N5O. The van der Waals surface area contributed by atoms with Crippen molar-refractivity contribution in [3.05, 3.63) is 11.9 Å². The van der Waals surface area contributed by atoms with Gasteiger partial charge in [0.2, 0.25) is 5.91 Å². The van der Waals surface area contributed by atoms with E-state index < -0.39 is 0 Å². The van der Waals surface area contributed by atoms with Crippen LogP contribution in [0.3, 0.4) is 0 Å².